The topological polar surface area (TPSA) is 24.5 Å². The van der Waals surface area contributed by atoms with Crippen LogP contribution in [0.4, 0.5) is 18.9 Å². The Balaban J connectivity index is 2.24. The Kier molecular flexibility index (Phi) is 7.72. The molecule has 0 unspecified atom stereocenters. The highest BCUT2D eigenvalue weighted by atomic mass is 28.4. The van der Waals surface area contributed by atoms with Crippen LogP contribution >= 0.6 is 0 Å². The highest BCUT2D eigenvalue weighted by Gasteiger charge is 2.45. The fourth-order valence-corrected chi connectivity index (χ4v) is 10.3. The molecule has 1 aromatic rings. The van der Waals surface area contributed by atoms with E-state index in [0.717, 1.165) is 17.3 Å². The van der Waals surface area contributed by atoms with Crippen molar-refractivity contribution < 1.29 is 17.6 Å². The Hall–Kier alpha value is -1.47. The lowest BCUT2D eigenvalue weighted by Crippen LogP contribution is -2.48. The monoisotopic (exact) mass is 442 g/mol. The van der Waals surface area contributed by atoms with E-state index in [1.165, 1.54) is 6.07 Å². The van der Waals surface area contributed by atoms with E-state index in [2.05, 4.69) is 47.0 Å². The maximum absolute atomic E-state index is 13.2. The van der Waals surface area contributed by atoms with Gasteiger partial charge in [-0.2, -0.15) is 13.2 Å². The van der Waals surface area contributed by atoms with Crippen LogP contribution in [0.1, 0.15) is 72.9 Å². The Morgan fingerprint density at radius 2 is 1.53 bits per heavy atom. The normalized spacial score (nSPS) is 15.2. The van der Waals surface area contributed by atoms with Crippen LogP contribution in [0.15, 0.2) is 23.9 Å². The average Bonchev–Trinajstić information content (AvgIpc) is 2.62. The summed E-state index contributed by atoms with van der Waals surface area (Å²) in [6.07, 6.45) is -1.71. The number of hydrazine groups is 1. The van der Waals surface area contributed by atoms with Crippen LogP contribution in [0.2, 0.25) is 16.6 Å². The average molecular weight is 443 g/mol. The lowest BCUT2D eigenvalue weighted by molar-refractivity contribution is -0.137. The molecular formula is C23H37F3N2OSi. The minimum absolute atomic E-state index is 0.00677. The lowest BCUT2D eigenvalue weighted by Gasteiger charge is -2.42. The molecule has 0 bridgehead atoms. The molecule has 30 heavy (non-hydrogen) atoms. The molecule has 0 atom stereocenters. The smallest absolute Gasteiger partial charge is 0.416 e. The van der Waals surface area contributed by atoms with E-state index in [1.807, 2.05) is 24.9 Å². The number of nitrogens with one attached hydrogen (secondary N) is 1. The van der Waals surface area contributed by atoms with Crippen molar-refractivity contribution in [1.82, 2.24) is 5.43 Å². The summed E-state index contributed by atoms with van der Waals surface area (Å²) >= 11 is 0. The van der Waals surface area contributed by atoms with Crippen molar-refractivity contribution in [2.24, 2.45) is 0 Å². The van der Waals surface area contributed by atoms with Gasteiger partial charge in [0.1, 0.15) is 0 Å². The summed E-state index contributed by atoms with van der Waals surface area (Å²) in [6.45, 7) is 18.1. The van der Waals surface area contributed by atoms with E-state index >= 15 is 0 Å². The molecule has 0 fully saturated rings. The van der Waals surface area contributed by atoms with E-state index in [-0.39, 0.29) is 6.04 Å². The minimum Gasteiger partial charge on any atom is -0.416 e. The van der Waals surface area contributed by atoms with Gasteiger partial charge in [-0.3, -0.25) is 5.01 Å². The molecule has 2 rings (SSSR count). The highest BCUT2D eigenvalue weighted by molar-refractivity contribution is 6.77. The van der Waals surface area contributed by atoms with Crippen molar-refractivity contribution >= 4 is 20.1 Å². The second kappa shape index (κ2) is 9.35. The van der Waals surface area contributed by atoms with Gasteiger partial charge in [-0.25, -0.2) is 0 Å². The van der Waals surface area contributed by atoms with Gasteiger partial charge in [-0.05, 0) is 48.7 Å². The highest BCUT2D eigenvalue weighted by Crippen LogP contribution is 2.42. The molecule has 0 saturated carbocycles. The quantitative estimate of drug-likeness (QED) is 0.426. The molecule has 0 saturated heterocycles. The summed E-state index contributed by atoms with van der Waals surface area (Å²) in [5, 5.41) is 1.82. The molecule has 170 valence electrons. The van der Waals surface area contributed by atoms with Gasteiger partial charge in [0.2, 0.25) is 0 Å². The first kappa shape index (κ1) is 24.8. The molecule has 7 heteroatoms. The van der Waals surface area contributed by atoms with Crippen molar-refractivity contribution in [3.05, 3.63) is 35.0 Å². The van der Waals surface area contributed by atoms with Crippen molar-refractivity contribution in [3.8, 4) is 0 Å². The van der Waals surface area contributed by atoms with Crippen molar-refractivity contribution in [1.29, 1.82) is 0 Å². The summed E-state index contributed by atoms with van der Waals surface area (Å²) in [5.74, 6) is 0. The number of hydrogen-bond donors (Lipinski definition) is 1. The number of hydrogen-bond acceptors (Lipinski definition) is 3. The number of halogens is 3. The fourth-order valence-electron chi connectivity index (χ4n) is 4.86. The van der Waals surface area contributed by atoms with Gasteiger partial charge >= 0.3 is 6.18 Å². The SMILES string of the molecule is CC(C)N1NC(CCO[Si](C(C)C)(C(C)C)C(C)C)=Cc2ccc(C(F)(F)F)cc21. The molecule has 1 aromatic carbocycles. The van der Waals surface area contributed by atoms with E-state index in [9.17, 15) is 13.2 Å². The van der Waals surface area contributed by atoms with Gasteiger partial charge in [-0.15, -0.1) is 0 Å². The van der Waals surface area contributed by atoms with Crippen LogP contribution in [0.3, 0.4) is 0 Å². The van der Waals surface area contributed by atoms with Crippen LogP contribution in [-0.2, 0) is 10.6 Å². The van der Waals surface area contributed by atoms with Crippen LogP contribution < -0.4 is 10.4 Å². The number of anilines is 1. The standard InChI is InChI=1S/C23H37F3N2OSi/c1-15(2)28-22-14-20(23(24,25)26)10-9-19(22)13-21(27-28)11-12-29-30(16(3)4,17(5)6)18(7)8/h9-10,13-18,27H,11-12H2,1-8H3. The molecule has 1 aliphatic rings. The second-order valence-corrected chi connectivity index (χ2v) is 14.9. The first-order valence-electron chi connectivity index (χ1n) is 10.9. The third-order valence-corrected chi connectivity index (χ3v) is 12.3. The molecule has 1 aliphatic heterocycles. The van der Waals surface area contributed by atoms with Gasteiger partial charge in [0.05, 0.1) is 11.3 Å². The molecule has 0 radical (unpaired) electrons. The molecule has 3 nitrogen and oxygen atoms in total. The molecular weight excluding hydrogens is 405 g/mol. The fraction of sp³-hybridized carbons (Fsp3) is 0.652. The lowest BCUT2D eigenvalue weighted by atomic mass is 10.0. The Morgan fingerprint density at radius 1 is 0.967 bits per heavy atom. The Labute approximate surface area is 180 Å². The number of fused-ring (bicyclic) bond motifs is 1. The summed E-state index contributed by atoms with van der Waals surface area (Å²) < 4.78 is 46.2. The van der Waals surface area contributed by atoms with E-state index in [0.29, 0.717) is 35.3 Å². The molecule has 0 amide bonds. The molecule has 0 aromatic heterocycles. The van der Waals surface area contributed by atoms with Crippen LogP contribution in [-0.4, -0.2) is 21.0 Å². The van der Waals surface area contributed by atoms with Crippen molar-refractivity contribution in [2.75, 3.05) is 11.6 Å². The van der Waals surface area contributed by atoms with E-state index in [1.54, 1.807) is 6.07 Å². The number of alkyl halides is 3. The Morgan fingerprint density at radius 3 is 2.00 bits per heavy atom. The molecule has 1 heterocycles. The summed E-state index contributed by atoms with van der Waals surface area (Å²) in [4.78, 5) is 0. The second-order valence-electron chi connectivity index (χ2n) is 9.43. The largest absolute Gasteiger partial charge is 0.416 e. The van der Waals surface area contributed by atoms with E-state index in [4.69, 9.17) is 4.43 Å². The Bertz CT molecular complexity index is 736. The summed E-state index contributed by atoms with van der Waals surface area (Å²) in [7, 11) is -1.94. The van der Waals surface area contributed by atoms with Crippen LogP contribution in [0.25, 0.3) is 6.08 Å². The van der Waals surface area contributed by atoms with E-state index < -0.39 is 20.1 Å². The molecule has 1 N–H and O–H groups in total. The van der Waals surface area contributed by atoms with Gasteiger partial charge in [0, 0.05) is 30.3 Å². The first-order valence-corrected chi connectivity index (χ1v) is 13.1. The number of benzene rings is 1. The van der Waals surface area contributed by atoms with Crippen LogP contribution in [0, 0.1) is 0 Å². The van der Waals surface area contributed by atoms with Gasteiger partial charge < -0.3 is 9.85 Å². The van der Waals surface area contributed by atoms with Gasteiger partial charge in [0.15, 0.2) is 8.32 Å². The molecule has 0 aliphatic carbocycles. The zero-order chi connectivity index (χ0) is 22.9. The predicted octanol–water partition coefficient (Wildman–Crippen LogP) is 7.36. The zero-order valence-corrected chi connectivity index (χ0v) is 20.5. The third kappa shape index (κ3) is 5.05. The first-order chi connectivity index (χ1) is 13.8. The summed E-state index contributed by atoms with van der Waals surface area (Å²) in [6, 6.07) is 3.94. The van der Waals surface area contributed by atoms with Crippen LogP contribution in [0.5, 0.6) is 0 Å². The maximum atomic E-state index is 13.2. The molecule has 0 spiro atoms. The van der Waals surface area contributed by atoms with Gasteiger partial charge in [-0.1, -0.05) is 47.6 Å². The van der Waals surface area contributed by atoms with Crippen molar-refractivity contribution in [2.45, 2.75) is 90.7 Å². The summed E-state index contributed by atoms with van der Waals surface area (Å²) in [5.41, 5.74) is 6.56. The minimum atomic E-state index is -4.35. The number of nitrogens with zero attached hydrogens (tertiary/aromatic N) is 1. The third-order valence-electron chi connectivity index (χ3n) is 6.16. The van der Waals surface area contributed by atoms with Crippen molar-refractivity contribution in [3.63, 3.8) is 0 Å². The predicted molar refractivity (Wildman–Crippen MR) is 122 cm³/mol. The van der Waals surface area contributed by atoms with Gasteiger partial charge in [0.25, 0.3) is 0 Å². The number of rotatable bonds is 8. The maximum Gasteiger partial charge on any atom is 0.416 e. The zero-order valence-electron chi connectivity index (χ0n) is 19.5.